The van der Waals surface area contributed by atoms with E-state index in [1.807, 2.05) is 0 Å². The maximum Gasteiger partial charge on any atom is 0.261 e. The average molecular weight is 399 g/mol. The van der Waals surface area contributed by atoms with Crippen LogP contribution in [0, 0.1) is 5.82 Å². The first-order valence-electron chi connectivity index (χ1n) is 5.22. The summed E-state index contributed by atoms with van der Waals surface area (Å²) in [5.41, 5.74) is 0.0873. The molecule has 0 amide bonds. The Balaban J connectivity index is 2.36. The predicted octanol–water partition coefficient (Wildman–Crippen LogP) is 4.70. The van der Waals surface area contributed by atoms with Crippen LogP contribution in [-0.4, -0.2) is 8.42 Å². The first-order chi connectivity index (χ1) is 9.29. The maximum absolute atomic E-state index is 13.3. The van der Waals surface area contributed by atoms with Gasteiger partial charge >= 0.3 is 0 Å². The van der Waals surface area contributed by atoms with E-state index in [0.29, 0.717) is 0 Å². The molecule has 0 atom stereocenters. The number of halogens is 4. The molecule has 2 aromatic rings. The van der Waals surface area contributed by atoms with Crippen molar-refractivity contribution in [2.45, 2.75) is 4.90 Å². The lowest BCUT2D eigenvalue weighted by Crippen LogP contribution is -2.13. The number of hydrogen-bond acceptors (Lipinski definition) is 2. The Morgan fingerprint density at radius 2 is 1.55 bits per heavy atom. The highest BCUT2D eigenvalue weighted by Gasteiger charge is 2.16. The van der Waals surface area contributed by atoms with Crippen molar-refractivity contribution in [1.82, 2.24) is 0 Å². The predicted molar refractivity (Wildman–Crippen MR) is 81.4 cm³/mol. The summed E-state index contributed by atoms with van der Waals surface area (Å²) in [5, 5.41) is -0.517. The van der Waals surface area contributed by atoms with Crippen molar-refractivity contribution in [3.8, 4) is 0 Å². The van der Waals surface area contributed by atoms with Crippen LogP contribution in [0.2, 0.25) is 10.0 Å². The number of benzene rings is 2. The number of nitrogens with one attached hydrogen (secondary N) is 1. The van der Waals surface area contributed by atoms with Crippen molar-refractivity contribution in [2.75, 3.05) is 4.72 Å². The van der Waals surface area contributed by atoms with E-state index >= 15 is 0 Å². The van der Waals surface area contributed by atoms with Gasteiger partial charge in [-0.1, -0.05) is 39.1 Å². The molecule has 0 radical (unpaired) electrons. The van der Waals surface area contributed by atoms with Gasteiger partial charge in [-0.05, 0) is 36.4 Å². The Morgan fingerprint density at radius 1 is 1.05 bits per heavy atom. The molecule has 106 valence electrons. The fourth-order valence-electron chi connectivity index (χ4n) is 1.44. The maximum atomic E-state index is 13.3. The standard InChI is InChI=1S/C12H7BrCl2FNO2S/c13-7-1-3-9(4-2-7)20(18,19)17-8-5-10(14)12(16)11(15)6-8/h1-6,17H. The van der Waals surface area contributed by atoms with Crippen LogP contribution < -0.4 is 4.72 Å². The van der Waals surface area contributed by atoms with Gasteiger partial charge in [0.1, 0.15) is 0 Å². The molecule has 0 heterocycles. The highest BCUT2D eigenvalue weighted by molar-refractivity contribution is 9.10. The van der Waals surface area contributed by atoms with Crippen molar-refractivity contribution in [3.05, 3.63) is 56.7 Å². The fourth-order valence-corrected chi connectivity index (χ4v) is 3.23. The SMILES string of the molecule is O=S(=O)(Nc1cc(Cl)c(F)c(Cl)c1)c1ccc(Br)cc1. The topological polar surface area (TPSA) is 46.2 Å². The van der Waals surface area contributed by atoms with Crippen molar-refractivity contribution < 1.29 is 12.8 Å². The van der Waals surface area contributed by atoms with Gasteiger partial charge in [-0.15, -0.1) is 0 Å². The molecule has 0 bridgehead atoms. The third kappa shape index (κ3) is 3.44. The minimum atomic E-state index is -3.79. The number of anilines is 1. The van der Waals surface area contributed by atoms with Gasteiger partial charge in [0.05, 0.1) is 20.6 Å². The van der Waals surface area contributed by atoms with E-state index in [9.17, 15) is 12.8 Å². The molecular formula is C12H7BrCl2FNO2S. The molecule has 8 heteroatoms. The fraction of sp³-hybridized carbons (Fsp3) is 0. The molecule has 0 unspecified atom stereocenters. The van der Waals surface area contributed by atoms with Crippen molar-refractivity contribution in [2.24, 2.45) is 0 Å². The Morgan fingerprint density at radius 3 is 2.05 bits per heavy atom. The first-order valence-corrected chi connectivity index (χ1v) is 8.26. The molecule has 0 aliphatic rings. The zero-order chi connectivity index (χ0) is 14.9. The molecule has 0 spiro atoms. The summed E-state index contributed by atoms with van der Waals surface area (Å²) in [6.45, 7) is 0. The second kappa shape index (κ2) is 5.89. The molecule has 2 aromatic carbocycles. The van der Waals surface area contributed by atoms with Crippen molar-refractivity contribution in [1.29, 1.82) is 0 Å². The van der Waals surface area contributed by atoms with Crippen molar-refractivity contribution in [3.63, 3.8) is 0 Å². The number of sulfonamides is 1. The monoisotopic (exact) mass is 397 g/mol. The lowest BCUT2D eigenvalue weighted by Gasteiger charge is -2.09. The van der Waals surface area contributed by atoms with Gasteiger partial charge in [-0.25, -0.2) is 12.8 Å². The smallest absolute Gasteiger partial charge is 0.261 e. The van der Waals surface area contributed by atoms with E-state index in [4.69, 9.17) is 23.2 Å². The second-order valence-electron chi connectivity index (χ2n) is 3.81. The minimum absolute atomic E-state index is 0.0669. The summed E-state index contributed by atoms with van der Waals surface area (Å²) >= 11 is 14.4. The van der Waals surface area contributed by atoms with Gasteiger partial charge in [0.25, 0.3) is 10.0 Å². The van der Waals surface area contributed by atoms with E-state index in [1.165, 1.54) is 12.1 Å². The molecule has 2 rings (SSSR count). The normalized spacial score (nSPS) is 11.4. The van der Waals surface area contributed by atoms with Gasteiger partial charge in [0, 0.05) is 4.47 Å². The van der Waals surface area contributed by atoms with Gasteiger partial charge < -0.3 is 0 Å². The largest absolute Gasteiger partial charge is 0.280 e. The molecule has 0 aliphatic heterocycles. The van der Waals surface area contributed by atoms with Crippen LogP contribution in [0.3, 0.4) is 0 Å². The number of hydrogen-bond donors (Lipinski definition) is 1. The zero-order valence-electron chi connectivity index (χ0n) is 9.70. The van der Waals surface area contributed by atoms with E-state index in [2.05, 4.69) is 20.7 Å². The molecule has 0 aromatic heterocycles. The molecule has 1 N–H and O–H groups in total. The highest BCUT2D eigenvalue weighted by Crippen LogP contribution is 2.28. The Bertz CT molecular complexity index is 728. The minimum Gasteiger partial charge on any atom is -0.280 e. The third-order valence-electron chi connectivity index (χ3n) is 2.36. The van der Waals surface area contributed by atoms with Crippen LogP contribution in [0.1, 0.15) is 0 Å². The van der Waals surface area contributed by atoms with E-state index in [-0.39, 0.29) is 20.6 Å². The summed E-state index contributed by atoms with van der Waals surface area (Å²) in [5.74, 6) is -0.792. The second-order valence-corrected chi connectivity index (χ2v) is 7.23. The number of rotatable bonds is 3. The Labute approximate surface area is 133 Å². The van der Waals surface area contributed by atoms with E-state index in [1.54, 1.807) is 12.1 Å². The molecule has 3 nitrogen and oxygen atoms in total. The van der Waals surface area contributed by atoms with Crippen LogP contribution in [0.4, 0.5) is 10.1 Å². The third-order valence-corrected chi connectivity index (χ3v) is 4.84. The molecular weight excluding hydrogens is 392 g/mol. The van der Waals surface area contributed by atoms with Crippen LogP contribution >= 0.6 is 39.1 Å². The highest BCUT2D eigenvalue weighted by atomic mass is 79.9. The summed E-state index contributed by atoms with van der Waals surface area (Å²) in [6, 6.07) is 8.36. The van der Waals surface area contributed by atoms with Crippen LogP contribution in [0.25, 0.3) is 0 Å². The summed E-state index contributed by atoms with van der Waals surface area (Å²) in [7, 11) is -3.79. The average Bonchev–Trinajstić information content (AvgIpc) is 2.36. The zero-order valence-corrected chi connectivity index (χ0v) is 13.6. The Kier molecular flexibility index (Phi) is 4.59. The van der Waals surface area contributed by atoms with Crippen molar-refractivity contribution >= 4 is 54.8 Å². The summed E-state index contributed by atoms with van der Waals surface area (Å²) in [4.78, 5) is 0.0669. The molecule has 0 fully saturated rings. The lowest BCUT2D eigenvalue weighted by molar-refractivity contribution is 0.601. The molecule has 0 aliphatic carbocycles. The first kappa shape index (κ1) is 15.6. The van der Waals surface area contributed by atoms with E-state index < -0.39 is 15.8 Å². The summed E-state index contributed by atoms with van der Waals surface area (Å²) < 4.78 is 40.5. The van der Waals surface area contributed by atoms with E-state index in [0.717, 1.165) is 16.6 Å². The molecule has 20 heavy (non-hydrogen) atoms. The lowest BCUT2D eigenvalue weighted by atomic mass is 10.3. The van der Waals surface area contributed by atoms with Crippen LogP contribution in [-0.2, 0) is 10.0 Å². The quantitative estimate of drug-likeness (QED) is 0.762. The molecule has 0 saturated carbocycles. The Hall–Kier alpha value is -0.820. The molecule has 0 saturated heterocycles. The van der Waals surface area contributed by atoms with Gasteiger partial charge in [0.15, 0.2) is 5.82 Å². The van der Waals surface area contributed by atoms with Crippen LogP contribution in [0.5, 0.6) is 0 Å². The summed E-state index contributed by atoms with van der Waals surface area (Å²) in [6.07, 6.45) is 0. The van der Waals surface area contributed by atoms with Crippen LogP contribution in [0.15, 0.2) is 45.8 Å². The van der Waals surface area contributed by atoms with Gasteiger partial charge in [-0.3, -0.25) is 4.72 Å². The van der Waals surface area contributed by atoms with Gasteiger partial charge in [-0.2, -0.15) is 0 Å². The van der Waals surface area contributed by atoms with Gasteiger partial charge in [0.2, 0.25) is 0 Å².